The van der Waals surface area contributed by atoms with Crippen LogP contribution < -0.4 is 9.47 Å². The largest absolute Gasteiger partial charge is 0.429 e. The summed E-state index contributed by atoms with van der Waals surface area (Å²) in [5.41, 5.74) is -0.531. The molecule has 12 heteroatoms. The third-order valence-corrected chi connectivity index (χ3v) is 7.62. The van der Waals surface area contributed by atoms with E-state index in [0.717, 1.165) is 42.9 Å². The average Bonchev–Trinajstić information content (AvgIpc) is 3.03. The van der Waals surface area contributed by atoms with Gasteiger partial charge in [-0.1, -0.05) is 62.2 Å². The summed E-state index contributed by atoms with van der Waals surface area (Å²) in [6.45, 7) is 2.12. The average molecular weight is 693 g/mol. The summed E-state index contributed by atoms with van der Waals surface area (Å²) in [5.74, 6) is -11.9. The van der Waals surface area contributed by atoms with Crippen molar-refractivity contribution in [3.05, 3.63) is 143 Å². The van der Waals surface area contributed by atoms with E-state index in [-0.39, 0.29) is 29.3 Å². The zero-order valence-corrected chi connectivity index (χ0v) is 25.6. The highest BCUT2D eigenvalue weighted by Crippen LogP contribution is 2.39. The lowest BCUT2D eigenvalue weighted by Gasteiger charge is -2.21. The van der Waals surface area contributed by atoms with E-state index in [1.54, 1.807) is 6.07 Å². The minimum absolute atomic E-state index is 0.0640. The lowest BCUT2D eigenvalue weighted by atomic mass is 9.97. The molecule has 0 aliphatic rings. The number of unbranched alkanes of at least 4 members (excludes halogenated alkanes) is 2. The molecule has 0 aliphatic carbocycles. The Balaban J connectivity index is 1.30. The Morgan fingerprint density at radius 2 is 1.00 bits per heavy atom. The fraction of sp³-hybridized carbons (Fsp3) is 0.189. The number of benzene rings is 5. The number of hydrogen-bond acceptors (Lipinski definition) is 2. The van der Waals surface area contributed by atoms with Gasteiger partial charge in [-0.05, 0) is 65.4 Å². The van der Waals surface area contributed by atoms with Gasteiger partial charge in [0.1, 0.15) is 34.5 Å². The molecule has 49 heavy (non-hydrogen) atoms. The van der Waals surface area contributed by atoms with Crippen molar-refractivity contribution in [2.24, 2.45) is 0 Å². The van der Waals surface area contributed by atoms with Gasteiger partial charge < -0.3 is 9.47 Å². The quantitative estimate of drug-likeness (QED) is 0.0736. The van der Waals surface area contributed by atoms with E-state index in [4.69, 9.17) is 0 Å². The van der Waals surface area contributed by atoms with Gasteiger partial charge in [0.25, 0.3) is 0 Å². The maximum Gasteiger partial charge on any atom is 0.429 e. The number of ether oxygens (including phenoxy) is 2. The predicted octanol–water partition coefficient (Wildman–Crippen LogP) is 11.8. The van der Waals surface area contributed by atoms with Crippen LogP contribution in [0.4, 0.5) is 43.9 Å². The van der Waals surface area contributed by atoms with Crippen molar-refractivity contribution < 1.29 is 53.4 Å². The third-order valence-electron chi connectivity index (χ3n) is 7.62. The smallest absolute Gasteiger partial charge is 0.429 e. The van der Waals surface area contributed by atoms with E-state index < -0.39 is 69.7 Å². The second kappa shape index (κ2) is 14.2. The molecule has 0 saturated heterocycles. The number of halogens is 10. The zero-order valence-electron chi connectivity index (χ0n) is 25.6. The molecular weight excluding hydrogens is 666 g/mol. The van der Waals surface area contributed by atoms with Crippen molar-refractivity contribution in [3.63, 3.8) is 0 Å². The molecule has 2 nitrogen and oxygen atoms in total. The molecule has 0 amide bonds. The Kier molecular flexibility index (Phi) is 10.3. The topological polar surface area (TPSA) is 18.5 Å². The van der Waals surface area contributed by atoms with E-state index in [1.807, 2.05) is 24.3 Å². The minimum atomic E-state index is -4.60. The fourth-order valence-electron chi connectivity index (χ4n) is 5.08. The first kappa shape index (κ1) is 35.3. The standard InChI is InChI=1S/C37H26F10O2/c1-2-3-4-5-21-6-8-22(9-7-21)23-10-13-27(30(38)16-23)24-11-14-28(31(39)17-24)36(44,45)48-25-12-15-29(32(40)18-25)37(46,47)49-26-19-33(41)35(43)34(42)20-26/h6-20H,2-5H2,1H3. The maximum atomic E-state index is 15.1. The fourth-order valence-corrected chi connectivity index (χ4v) is 5.08. The van der Waals surface area contributed by atoms with Crippen molar-refractivity contribution in [1.82, 2.24) is 0 Å². The van der Waals surface area contributed by atoms with E-state index >= 15 is 13.2 Å². The van der Waals surface area contributed by atoms with Gasteiger partial charge in [0.15, 0.2) is 17.5 Å². The van der Waals surface area contributed by atoms with E-state index in [9.17, 15) is 30.7 Å². The van der Waals surface area contributed by atoms with Crippen molar-refractivity contribution >= 4 is 0 Å². The molecule has 0 unspecified atom stereocenters. The van der Waals surface area contributed by atoms with Gasteiger partial charge in [0, 0.05) is 23.8 Å². The van der Waals surface area contributed by atoms with Crippen LogP contribution in [0.1, 0.15) is 42.9 Å². The maximum absolute atomic E-state index is 15.1. The Morgan fingerprint density at radius 3 is 1.57 bits per heavy atom. The molecule has 0 aliphatic heterocycles. The van der Waals surface area contributed by atoms with Crippen LogP contribution in [0, 0.1) is 34.9 Å². The van der Waals surface area contributed by atoms with Gasteiger partial charge in [-0.3, -0.25) is 0 Å². The second-order valence-electron chi connectivity index (χ2n) is 11.1. The summed E-state index contributed by atoms with van der Waals surface area (Å²) >= 11 is 0. The van der Waals surface area contributed by atoms with Crippen LogP contribution in [0.5, 0.6) is 11.5 Å². The van der Waals surface area contributed by atoms with Crippen molar-refractivity contribution in [1.29, 1.82) is 0 Å². The normalized spacial score (nSPS) is 11.9. The molecule has 0 heterocycles. The molecular formula is C37H26F10O2. The van der Waals surface area contributed by atoms with Crippen LogP contribution in [0.25, 0.3) is 22.3 Å². The molecule has 5 aromatic rings. The van der Waals surface area contributed by atoms with Gasteiger partial charge in [-0.15, -0.1) is 0 Å². The highest BCUT2D eigenvalue weighted by Gasteiger charge is 2.41. The monoisotopic (exact) mass is 692 g/mol. The van der Waals surface area contributed by atoms with Gasteiger partial charge in [-0.2, -0.15) is 17.6 Å². The van der Waals surface area contributed by atoms with Gasteiger partial charge in [-0.25, -0.2) is 26.3 Å². The number of rotatable bonds is 12. The molecule has 0 bridgehead atoms. The van der Waals surface area contributed by atoms with Gasteiger partial charge >= 0.3 is 12.2 Å². The van der Waals surface area contributed by atoms with Crippen LogP contribution in [0.2, 0.25) is 0 Å². The van der Waals surface area contributed by atoms with Crippen molar-refractivity contribution in [2.45, 2.75) is 44.8 Å². The van der Waals surface area contributed by atoms with Crippen LogP contribution in [-0.4, -0.2) is 0 Å². The zero-order chi connectivity index (χ0) is 35.5. The number of hydrogen-bond donors (Lipinski definition) is 0. The second-order valence-corrected chi connectivity index (χ2v) is 11.1. The summed E-state index contributed by atoms with van der Waals surface area (Å²) in [6.07, 6.45) is -4.84. The molecule has 5 rings (SSSR count). The molecule has 256 valence electrons. The highest BCUT2D eigenvalue weighted by molar-refractivity contribution is 5.71. The van der Waals surface area contributed by atoms with Crippen molar-refractivity contribution in [2.75, 3.05) is 0 Å². The van der Waals surface area contributed by atoms with E-state index in [0.29, 0.717) is 29.8 Å². The van der Waals surface area contributed by atoms with Crippen molar-refractivity contribution in [3.8, 4) is 33.8 Å². The first-order chi connectivity index (χ1) is 23.2. The molecule has 0 saturated carbocycles. The molecule has 0 atom stereocenters. The van der Waals surface area contributed by atoms with Crippen LogP contribution >= 0.6 is 0 Å². The predicted molar refractivity (Wildman–Crippen MR) is 162 cm³/mol. The summed E-state index contributed by atoms with van der Waals surface area (Å²) in [6, 6.07) is 15.3. The summed E-state index contributed by atoms with van der Waals surface area (Å²) in [7, 11) is 0. The first-order valence-electron chi connectivity index (χ1n) is 15.0. The number of alkyl halides is 4. The number of aryl methyl sites for hydroxylation is 1. The van der Waals surface area contributed by atoms with E-state index in [1.165, 1.54) is 12.1 Å². The molecule has 0 spiro atoms. The molecule has 0 fully saturated rings. The van der Waals surface area contributed by atoms with E-state index in [2.05, 4.69) is 16.4 Å². The summed E-state index contributed by atoms with van der Waals surface area (Å²) in [4.78, 5) is 0. The molecule has 5 aromatic carbocycles. The Morgan fingerprint density at radius 1 is 0.490 bits per heavy atom. The van der Waals surface area contributed by atoms with Crippen LogP contribution in [0.3, 0.4) is 0 Å². The minimum Gasteiger partial charge on any atom is -0.429 e. The lowest BCUT2D eigenvalue weighted by molar-refractivity contribution is -0.189. The first-order valence-corrected chi connectivity index (χ1v) is 15.0. The Bertz CT molecular complexity index is 1940. The van der Waals surface area contributed by atoms with Crippen LogP contribution in [0.15, 0.2) is 91.0 Å². The Hall–Kier alpha value is -5.00. The summed E-state index contributed by atoms with van der Waals surface area (Å²) in [5, 5.41) is 0. The van der Waals surface area contributed by atoms with Gasteiger partial charge in [0.05, 0.1) is 5.56 Å². The SMILES string of the molecule is CCCCCc1ccc(-c2ccc(-c3ccc(C(F)(F)Oc4ccc(C(F)(F)Oc5cc(F)c(F)c(F)c5)c(F)c4)c(F)c3)c(F)c2)cc1. The molecule has 0 N–H and O–H groups in total. The van der Waals surface area contributed by atoms with Gasteiger partial charge in [0.2, 0.25) is 0 Å². The molecule has 0 aromatic heterocycles. The summed E-state index contributed by atoms with van der Waals surface area (Å²) < 4.78 is 152. The third kappa shape index (κ3) is 8.01. The van der Waals surface area contributed by atoms with Crippen LogP contribution in [-0.2, 0) is 18.6 Å². The Labute approximate surface area is 274 Å². The lowest BCUT2D eigenvalue weighted by Crippen LogP contribution is -2.25. The highest BCUT2D eigenvalue weighted by atomic mass is 19.3. The molecule has 0 radical (unpaired) electrons.